The molecular weight excluding hydrogens is 368 g/mol. The summed E-state index contributed by atoms with van der Waals surface area (Å²) in [6, 6.07) is 9.24. The number of likely N-dealkylation sites (tertiary alicyclic amines) is 1. The minimum Gasteiger partial charge on any atom is -0.324 e. The zero-order chi connectivity index (χ0) is 20.4. The van der Waals surface area contributed by atoms with E-state index in [1.807, 2.05) is 30.0 Å². The molecule has 1 aromatic heterocycles. The maximum Gasteiger partial charge on any atom is 0.321 e. The Labute approximate surface area is 169 Å². The number of carbonyl (C=O) groups is 3. The number of hydrogen-bond donors (Lipinski definition) is 1. The van der Waals surface area contributed by atoms with Crippen molar-refractivity contribution in [2.24, 2.45) is 0 Å². The van der Waals surface area contributed by atoms with Crippen LogP contribution in [0.2, 0.25) is 0 Å². The minimum absolute atomic E-state index is 0.160. The maximum absolute atomic E-state index is 12.7. The predicted octanol–water partition coefficient (Wildman–Crippen LogP) is 3.45. The average molecular weight is 392 g/mol. The topological polar surface area (TPSA) is 82.6 Å². The molecule has 0 bridgehead atoms. The lowest BCUT2D eigenvalue weighted by molar-refractivity contribution is -0.121. The van der Waals surface area contributed by atoms with Gasteiger partial charge in [0.1, 0.15) is 0 Å². The van der Waals surface area contributed by atoms with Gasteiger partial charge in [-0.1, -0.05) is 6.07 Å². The molecule has 0 atom stereocenters. The third kappa shape index (κ3) is 3.99. The molecule has 4 amide bonds. The minimum atomic E-state index is -0.195. The van der Waals surface area contributed by atoms with Crippen LogP contribution in [0.3, 0.4) is 0 Å². The lowest BCUT2D eigenvalue weighted by Gasteiger charge is -2.32. The van der Waals surface area contributed by atoms with Crippen molar-refractivity contribution in [3.8, 4) is 0 Å². The van der Waals surface area contributed by atoms with Crippen LogP contribution >= 0.6 is 0 Å². The molecule has 1 N–H and O–H groups in total. The normalized spacial score (nSPS) is 17.7. The number of hydrogen-bond acceptors (Lipinski definition) is 4. The van der Waals surface area contributed by atoms with E-state index in [1.54, 1.807) is 24.5 Å². The van der Waals surface area contributed by atoms with Gasteiger partial charge < -0.3 is 10.2 Å². The fraction of sp³-hybridized carbons (Fsp3) is 0.364. The van der Waals surface area contributed by atoms with Crippen LogP contribution in [0.5, 0.6) is 0 Å². The Kier molecular flexibility index (Phi) is 5.29. The molecule has 1 aromatic carbocycles. The van der Waals surface area contributed by atoms with Gasteiger partial charge in [0, 0.05) is 44.0 Å². The maximum atomic E-state index is 12.7. The third-order valence-electron chi connectivity index (χ3n) is 5.71. The van der Waals surface area contributed by atoms with Gasteiger partial charge in [0.2, 0.25) is 11.8 Å². The van der Waals surface area contributed by atoms with Crippen LogP contribution in [0.25, 0.3) is 0 Å². The number of anilines is 2. The highest BCUT2D eigenvalue weighted by Crippen LogP contribution is 2.30. The Hall–Kier alpha value is -3.22. The second-order valence-corrected chi connectivity index (χ2v) is 7.60. The molecule has 7 nitrogen and oxygen atoms in total. The van der Waals surface area contributed by atoms with E-state index >= 15 is 0 Å². The van der Waals surface area contributed by atoms with E-state index in [0.29, 0.717) is 30.4 Å². The second-order valence-electron chi connectivity index (χ2n) is 7.60. The molecule has 2 aliphatic heterocycles. The van der Waals surface area contributed by atoms with Gasteiger partial charge in [0.25, 0.3) is 0 Å². The first-order valence-corrected chi connectivity index (χ1v) is 9.95. The van der Waals surface area contributed by atoms with Crippen LogP contribution < -0.4 is 10.2 Å². The number of imide groups is 1. The zero-order valence-corrected chi connectivity index (χ0v) is 16.4. The van der Waals surface area contributed by atoms with E-state index in [4.69, 9.17) is 0 Å². The molecule has 0 radical (unpaired) electrons. The van der Waals surface area contributed by atoms with Gasteiger partial charge in [-0.25, -0.2) is 4.79 Å². The summed E-state index contributed by atoms with van der Waals surface area (Å²) in [6.07, 6.45) is 5.90. The molecule has 7 heteroatoms. The Morgan fingerprint density at radius 3 is 2.34 bits per heavy atom. The van der Waals surface area contributed by atoms with Crippen molar-refractivity contribution in [3.63, 3.8) is 0 Å². The number of amides is 4. The van der Waals surface area contributed by atoms with Gasteiger partial charge in [-0.15, -0.1) is 0 Å². The van der Waals surface area contributed by atoms with E-state index in [0.717, 1.165) is 18.4 Å². The predicted molar refractivity (Wildman–Crippen MR) is 110 cm³/mol. The third-order valence-corrected chi connectivity index (χ3v) is 5.71. The summed E-state index contributed by atoms with van der Waals surface area (Å²) < 4.78 is 0. The number of nitrogens with one attached hydrogen (secondary N) is 1. The van der Waals surface area contributed by atoms with Crippen molar-refractivity contribution < 1.29 is 14.4 Å². The van der Waals surface area contributed by atoms with E-state index in [1.165, 1.54) is 10.5 Å². The van der Waals surface area contributed by atoms with E-state index in [9.17, 15) is 14.4 Å². The summed E-state index contributed by atoms with van der Waals surface area (Å²) >= 11 is 0. The first-order chi connectivity index (χ1) is 14.0. The van der Waals surface area contributed by atoms with Crippen LogP contribution in [0.4, 0.5) is 16.2 Å². The first kappa shape index (κ1) is 19.1. The molecule has 2 saturated heterocycles. The summed E-state index contributed by atoms with van der Waals surface area (Å²) in [6.45, 7) is 3.21. The smallest absolute Gasteiger partial charge is 0.321 e. The van der Waals surface area contributed by atoms with E-state index in [-0.39, 0.29) is 30.7 Å². The quantitative estimate of drug-likeness (QED) is 0.811. The van der Waals surface area contributed by atoms with Crippen molar-refractivity contribution in [2.45, 2.75) is 38.5 Å². The van der Waals surface area contributed by atoms with Crippen LogP contribution in [0.15, 0.2) is 42.7 Å². The first-order valence-electron chi connectivity index (χ1n) is 9.95. The Morgan fingerprint density at radius 1 is 1.03 bits per heavy atom. The Morgan fingerprint density at radius 2 is 1.69 bits per heavy atom. The molecule has 2 aliphatic rings. The van der Waals surface area contributed by atoms with Gasteiger partial charge in [-0.05, 0) is 61.1 Å². The van der Waals surface area contributed by atoms with Crippen LogP contribution in [0.1, 0.15) is 42.7 Å². The van der Waals surface area contributed by atoms with Crippen LogP contribution in [-0.2, 0) is 9.59 Å². The summed E-state index contributed by atoms with van der Waals surface area (Å²) in [7, 11) is 0. The monoisotopic (exact) mass is 392 g/mol. The molecule has 0 unspecified atom stereocenters. The number of urea groups is 1. The number of aromatic nitrogens is 1. The summed E-state index contributed by atoms with van der Waals surface area (Å²) in [5.74, 6) is 0.0553. The second kappa shape index (κ2) is 8.03. The van der Waals surface area contributed by atoms with Crippen molar-refractivity contribution in [2.75, 3.05) is 23.3 Å². The number of aryl methyl sites for hydroxylation is 1. The molecule has 4 rings (SSSR count). The molecule has 2 fully saturated rings. The number of piperidine rings is 1. The molecular formula is C22H24N4O3. The van der Waals surface area contributed by atoms with E-state index in [2.05, 4.69) is 10.3 Å². The number of benzene rings is 1. The standard InChI is InChI=1S/C22H24N4O3/c1-15-2-3-18(14-19(15)26-20(27)4-5-21(26)28)24-22(29)25-12-8-17(9-13-25)16-6-10-23-11-7-16/h2-3,6-7,10-11,14,17H,4-5,8-9,12-13H2,1H3,(H,24,29). The molecule has 29 heavy (non-hydrogen) atoms. The van der Waals surface area contributed by atoms with Crippen LogP contribution in [0, 0.1) is 6.92 Å². The molecule has 2 aromatic rings. The summed E-state index contributed by atoms with van der Waals surface area (Å²) in [5, 5.41) is 2.91. The molecule has 0 spiro atoms. The van der Waals surface area contributed by atoms with Gasteiger partial charge in [-0.3, -0.25) is 19.5 Å². The number of rotatable bonds is 3. The Bertz CT molecular complexity index is 920. The van der Waals surface area contributed by atoms with Crippen molar-refractivity contribution in [1.29, 1.82) is 0 Å². The van der Waals surface area contributed by atoms with Gasteiger partial charge in [0.05, 0.1) is 5.69 Å². The lowest BCUT2D eigenvalue weighted by Crippen LogP contribution is -2.40. The summed E-state index contributed by atoms with van der Waals surface area (Å²) in [4.78, 5) is 44.0. The highest BCUT2D eigenvalue weighted by molar-refractivity contribution is 6.20. The van der Waals surface area contributed by atoms with Crippen LogP contribution in [-0.4, -0.2) is 40.8 Å². The number of nitrogens with zero attached hydrogens (tertiary/aromatic N) is 3. The Balaban J connectivity index is 1.41. The van der Waals surface area contributed by atoms with Gasteiger partial charge in [0.15, 0.2) is 0 Å². The molecule has 150 valence electrons. The number of pyridine rings is 1. The lowest BCUT2D eigenvalue weighted by atomic mass is 9.90. The van der Waals surface area contributed by atoms with Gasteiger partial charge in [-0.2, -0.15) is 0 Å². The van der Waals surface area contributed by atoms with E-state index < -0.39 is 0 Å². The molecule has 3 heterocycles. The fourth-order valence-corrected chi connectivity index (χ4v) is 4.03. The van der Waals surface area contributed by atoms with Crippen molar-refractivity contribution in [1.82, 2.24) is 9.88 Å². The number of carbonyl (C=O) groups excluding carboxylic acids is 3. The van der Waals surface area contributed by atoms with Crippen molar-refractivity contribution >= 4 is 29.2 Å². The SMILES string of the molecule is Cc1ccc(NC(=O)N2CCC(c3ccncc3)CC2)cc1N1C(=O)CCC1=O. The highest BCUT2D eigenvalue weighted by atomic mass is 16.2. The average Bonchev–Trinajstić information content (AvgIpc) is 3.08. The zero-order valence-electron chi connectivity index (χ0n) is 16.4. The molecule has 0 saturated carbocycles. The van der Waals surface area contributed by atoms with Crippen molar-refractivity contribution in [3.05, 3.63) is 53.9 Å². The highest BCUT2D eigenvalue weighted by Gasteiger charge is 2.31. The largest absolute Gasteiger partial charge is 0.324 e. The molecule has 0 aliphatic carbocycles. The summed E-state index contributed by atoms with van der Waals surface area (Å²) in [5.41, 5.74) is 3.22. The fourth-order valence-electron chi connectivity index (χ4n) is 4.03. The van der Waals surface area contributed by atoms with Gasteiger partial charge >= 0.3 is 6.03 Å².